The van der Waals surface area contributed by atoms with Gasteiger partial charge in [-0.25, -0.2) is 13.1 Å². The number of halogens is 1. The molecule has 0 saturated carbocycles. The number of likely N-dealkylation sites (tertiary alicyclic amines) is 1. The molecule has 1 saturated heterocycles. The Bertz CT molecular complexity index is 679. The van der Waals surface area contributed by atoms with Gasteiger partial charge in [0.1, 0.15) is 0 Å². The summed E-state index contributed by atoms with van der Waals surface area (Å²) >= 11 is 0. The fourth-order valence-corrected chi connectivity index (χ4v) is 3.98. The van der Waals surface area contributed by atoms with Crippen molar-refractivity contribution in [2.24, 2.45) is 5.92 Å². The summed E-state index contributed by atoms with van der Waals surface area (Å²) in [7, 11) is -1.65. The minimum absolute atomic E-state index is 0. The van der Waals surface area contributed by atoms with Crippen LogP contribution < -0.4 is 10.0 Å². The van der Waals surface area contributed by atoms with Crippen molar-refractivity contribution in [2.75, 3.05) is 33.2 Å². The predicted molar refractivity (Wildman–Crippen MR) is 97.2 cm³/mol. The summed E-state index contributed by atoms with van der Waals surface area (Å²) in [4.78, 5) is 14.7. The molecule has 0 spiro atoms. The predicted octanol–water partition coefficient (Wildman–Crippen LogP) is 1.40. The summed E-state index contributed by atoms with van der Waals surface area (Å²) in [5, 5.41) is 3.14. The molecule has 6 nitrogen and oxygen atoms in total. The first kappa shape index (κ1) is 20.9. The van der Waals surface area contributed by atoms with Crippen molar-refractivity contribution in [2.45, 2.75) is 25.2 Å². The van der Waals surface area contributed by atoms with E-state index < -0.39 is 10.0 Å². The number of rotatable bonds is 6. The zero-order valence-electron chi connectivity index (χ0n) is 14.3. The smallest absolute Gasteiger partial charge is 0.254 e. The maximum absolute atomic E-state index is 12.7. The quantitative estimate of drug-likeness (QED) is 0.787. The number of aryl methyl sites for hydroxylation is 1. The van der Waals surface area contributed by atoms with Crippen LogP contribution in [0.2, 0.25) is 0 Å². The Morgan fingerprint density at radius 1 is 1.38 bits per heavy atom. The molecule has 1 heterocycles. The number of nitrogens with zero attached hydrogens (tertiary/aromatic N) is 1. The van der Waals surface area contributed by atoms with Gasteiger partial charge in [0.25, 0.3) is 5.91 Å². The number of carbonyl (C=O) groups is 1. The molecule has 24 heavy (non-hydrogen) atoms. The van der Waals surface area contributed by atoms with E-state index >= 15 is 0 Å². The van der Waals surface area contributed by atoms with E-state index in [2.05, 4.69) is 10.0 Å². The molecule has 8 heteroatoms. The Labute approximate surface area is 150 Å². The first-order valence-electron chi connectivity index (χ1n) is 7.93. The lowest BCUT2D eigenvalue weighted by molar-refractivity contribution is 0.0786. The standard InChI is InChI=1S/C16H25N3O3S.ClH/c1-4-18-23(21,22)14-6-5-12(2)15(9-14)16(20)19-8-7-13(11-19)10-17-3;/h5-6,9,13,17-18H,4,7-8,10-11H2,1-3H3;1H. The third kappa shape index (κ3) is 4.69. The van der Waals surface area contributed by atoms with E-state index in [9.17, 15) is 13.2 Å². The average Bonchev–Trinajstić information content (AvgIpc) is 2.96. The molecule has 1 aliphatic rings. The van der Waals surface area contributed by atoms with Crippen LogP contribution in [0.1, 0.15) is 29.3 Å². The molecule has 0 aliphatic carbocycles. The van der Waals surface area contributed by atoms with Gasteiger partial charge in [0, 0.05) is 25.2 Å². The molecule has 2 rings (SSSR count). The first-order valence-corrected chi connectivity index (χ1v) is 9.41. The third-order valence-corrected chi connectivity index (χ3v) is 5.69. The number of hydrogen-bond donors (Lipinski definition) is 2. The van der Waals surface area contributed by atoms with E-state index in [1.54, 1.807) is 13.0 Å². The van der Waals surface area contributed by atoms with Crippen molar-refractivity contribution < 1.29 is 13.2 Å². The van der Waals surface area contributed by atoms with Crippen molar-refractivity contribution in [1.82, 2.24) is 14.9 Å². The van der Waals surface area contributed by atoms with E-state index in [4.69, 9.17) is 0 Å². The lowest BCUT2D eigenvalue weighted by atomic mass is 10.1. The van der Waals surface area contributed by atoms with Gasteiger partial charge in [-0.05, 0) is 50.6 Å². The van der Waals surface area contributed by atoms with Gasteiger partial charge in [-0.15, -0.1) is 12.4 Å². The Morgan fingerprint density at radius 3 is 2.71 bits per heavy atom. The summed E-state index contributed by atoms with van der Waals surface area (Å²) in [6.45, 7) is 6.19. The molecule has 136 valence electrons. The van der Waals surface area contributed by atoms with Gasteiger partial charge in [0.2, 0.25) is 10.0 Å². The van der Waals surface area contributed by atoms with Gasteiger partial charge in [-0.3, -0.25) is 4.79 Å². The summed E-state index contributed by atoms with van der Waals surface area (Å²) < 4.78 is 26.7. The molecule has 1 aromatic rings. The normalized spacial score (nSPS) is 17.6. The molecule has 1 aliphatic heterocycles. The van der Waals surface area contributed by atoms with Crippen LogP contribution in [0.3, 0.4) is 0 Å². The largest absolute Gasteiger partial charge is 0.338 e. The fourth-order valence-electron chi connectivity index (χ4n) is 2.91. The lowest BCUT2D eigenvalue weighted by Gasteiger charge is -2.18. The number of carbonyl (C=O) groups excluding carboxylic acids is 1. The average molecular weight is 376 g/mol. The van der Waals surface area contributed by atoms with Crippen LogP contribution in [-0.2, 0) is 10.0 Å². The second-order valence-corrected chi connectivity index (χ2v) is 7.71. The van der Waals surface area contributed by atoms with E-state index in [-0.39, 0.29) is 23.2 Å². The molecule has 2 N–H and O–H groups in total. The summed E-state index contributed by atoms with van der Waals surface area (Å²) in [6.07, 6.45) is 0.973. The molecule has 1 amide bonds. The van der Waals surface area contributed by atoms with Gasteiger partial charge in [-0.1, -0.05) is 13.0 Å². The highest BCUT2D eigenvalue weighted by Crippen LogP contribution is 2.22. The minimum atomic E-state index is -3.56. The van der Waals surface area contributed by atoms with Crippen LogP contribution in [0.25, 0.3) is 0 Å². The second-order valence-electron chi connectivity index (χ2n) is 5.94. The third-order valence-electron chi connectivity index (χ3n) is 4.15. The van der Waals surface area contributed by atoms with Gasteiger partial charge >= 0.3 is 0 Å². The highest BCUT2D eigenvalue weighted by atomic mass is 35.5. The molecular formula is C16H26ClN3O3S. The number of hydrogen-bond acceptors (Lipinski definition) is 4. The topological polar surface area (TPSA) is 78.5 Å². The van der Waals surface area contributed by atoms with Crippen LogP contribution in [0.15, 0.2) is 23.1 Å². The lowest BCUT2D eigenvalue weighted by Crippen LogP contribution is -2.31. The van der Waals surface area contributed by atoms with E-state index in [0.717, 1.165) is 25.1 Å². The number of sulfonamides is 1. The molecular weight excluding hydrogens is 350 g/mol. The Hall–Kier alpha value is -1.15. The Kier molecular flexibility index (Phi) is 7.66. The van der Waals surface area contributed by atoms with Crippen molar-refractivity contribution >= 4 is 28.3 Å². The monoisotopic (exact) mass is 375 g/mol. The van der Waals surface area contributed by atoms with Crippen LogP contribution in [0.4, 0.5) is 0 Å². The Balaban J connectivity index is 0.00000288. The zero-order chi connectivity index (χ0) is 17.0. The minimum Gasteiger partial charge on any atom is -0.338 e. The molecule has 1 atom stereocenters. The molecule has 1 fully saturated rings. The molecule has 0 radical (unpaired) electrons. The molecule has 1 unspecified atom stereocenters. The first-order chi connectivity index (χ1) is 10.9. The maximum atomic E-state index is 12.7. The molecule has 0 bridgehead atoms. The van der Waals surface area contributed by atoms with Crippen molar-refractivity contribution in [1.29, 1.82) is 0 Å². The summed E-state index contributed by atoms with van der Waals surface area (Å²) in [5.74, 6) is 0.368. The summed E-state index contributed by atoms with van der Waals surface area (Å²) in [6, 6.07) is 4.72. The van der Waals surface area contributed by atoms with Crippen LogP contribution in [0, 0.1) is 12.8 Å². The highest BCUT2D eigenvalue weighted by molar-refractivity contribution is 7.89. The van der Waals surface area contributed by atoms with Gasteiger partial charge in [-0.2, -0.15) is 0 Å². The van der Waals surface area contributed by atoms with E-state index in [1.165, 1.54) is 12.1 Å². The van der Waals surface area contributed by atoms with Crippen LogP contribution in [-0.4, -0.2) is 52.5 Å². The van der Waals surface area contributed by atoms with E-state index in [0.29, 0.717) is 24.6 Å². The van der Waals surface area contributed by atoms with Crippen molar-refractivity contribution in [3.63, 3.8) is 0 Å². The van der Waals surface area contributed by atoms with Crippen LogP contribution >= 0.6 is 12.4 Å². The van der Waals surface area contributed by atoms with Crippen molar-refractivity contribution in [3.8, 4) is 0 Å². The second kappa shape index (κ2) is 8.80. The fraction of sp³-hybridized carbons (Fsp3) is 0.562. The highest BCUT2D eigenvalue weighted by Gasteiger charge is 2.28. The van der Waals surface area contributed by atoms with Gasteiger partial charge in [0.15, 0.2) is 0 Å². The SMILES string of the molecule is CCNS(=O)(=O)c1ccc(C)c(C(=O)N2CCC(CNC)C2)c1.Cl. The van der Waals surface area contributed by atoms with Gasteiger partial charge < -0.3 is 10.2 Å². The zero-order valence-corrected chi connectivity index (χ0v) is 16.0. The number of amides is 1. The molecule has 1 aromatic carbocycles. The number of nitrogens with one attached hydrogen (secondary N) is 2. The Morgan fingerprint density at radius 2 is 2.08 bits per heavy atom. The summed E-state index contributed by atoms with van der Waals surface area (Å²) in [5.41, 5.74) is 1.26. The number of benzene rings is 1. The van der Waals surface area contributed by atoms with Gasteiger partial charge in [0.05, 0.1) is 4.90 Å². The van der Waals surface area contributed by atoms with Crippen molar-refractivity contribution in [3.05, 3.63) is 29.3 Å². The van der Waals surface area contributed by atoms with E-state index in [1.807, 2.05) is 18.9 Å². The van der Waals surface area contributed by atoms with Crippen LogP contribution in [0.5, 0.6) is 0 Å². The molecule has 0 aromatic heterocycles. The maximum Gasteiger partial charge on any atom is 0.254 e.